The van der Waals surface area contributed by atoms with Crippen molar-refractivity contribution < 1.29 is 4.42 Å². The minimum absolute atomic E-state index is 0.919. The summed E-state index contributed by atoms with van der Waals surface area (Å²) in [6.07, 6.45) is 0. The van der Waals surface area contributed by atoms with Crippen LogP contribution >= 0.6 is 11.3 Å². The van der Waals surface area contributed by atoms with Crippen LogP contribution in [-0.4, -0.2) is 0 Å². The highest BCUT2D eigenvalue weighted by Gasteiger charge is 2.19. The van der Waals surface area contributed by atoms with Gasteiger partial charge in [-0.2, -0.15) is 0 Å². The van der Waals surface area contributed by atoms with Crippen molar-refractivity contribution in [3.05, 3.63) is 157 Å². The first-order chi connectivity index (χ1) is 22.8. The summed E-state index contributed by atoms with van der Waals surface area (Å²) in [5, 5.41) is 13.5. The predicted octanol–water partition coefficient (Wildman–Crippen LogP) is 13.3. The molecule has 2 heteroatoms. The van der Waals surface area contributed by atoms with Crippen LogP contribution in [0.4, 0.5) is 0 Å². The van der Waals surface area contributed by atoms with Crippen LogP contribution in [0.2, 0.25) is 0 Å². The van der Waals surface area contributed by atoms with E-state index in [9.17, 15) is 0 Å². The van der Waals surface area contributed by atoms with Crippen LogP contribution in [0.25, 0.3) is 97.7 Å². The molecule has 0 aliphatic carbocycles. The summed E-state index contributed by atoms with van der Waals surface area (Å²) in [4.78, 5) is 0. The minimum atomic E-state index is 0.919. The highest BCUT2D eigenvalue weighted by molar-refractivity contribution is 7.19. The van der Waals surface area contributed by atoms with Gasteiger partial charge in [0.2, 0.25) is 0 Å². The van der Waals surface area contributed by atoms with Crippen molar-refractivity contribution in [2.24, 2.45) is 0 Å². The Balaban J connectivity index is 1.25. The quantitative estimate of drug-likeness (QED) is 0.183. The normalized spacial score (nSPS) is 11.9. The summed E-state index contributed by atoms with van der Waals surface area (Å²) in [7, 11) is 0. The smallest absolute Gasteiger partial charge is 0.136 e. The lowest BCUT2D eigenvalue weighted by molar-refractivity contribution is 0.669. The summed E-state index contributed by atoms with van der Waals surface area (Å²) < 4.78 is 7.73. The van der Waals surface area contributed by atoms with Gasteiger partial charge in [-0.05, 0) is 95.8 Å². The lowest BCUT2D eigenvalue weighted by Gasteiger charge is -2.18. The van der Waals surface area contributed by atoms with Crippen molar-refractivity contribution in [2.45, 2.75) is 0 Å². The second kappa shape index (κ2) is 9.90. The highest BCUT2D eigenvalue weighted by atomic mass is 32.1. The highest BCUT2D eigenvalue weighted by Crippen LogP contribution is 2.47. The van der Waals surface area contributed by atoms with Gasteiger partial charge in [-0.25, -0.2) is 0 Å². The van der Waals surface area contributed by atoms with E-state index in [0.717, 1.165) is 16.6 Å². The van der Waals surface area contributed by atoms with E-state index in [-0.39, 0.29) is 0 Å². The van der Waals surface area contributed by atoms with Gasteiger partial charge in [-0.3, -0.25) is 0 Å². The fourth-order valence-electron chi connectivity index (χ4n) is 7.45. The minimum Gasteiger partial charge on any atom is -0.456 e. The van der Waals surface area contributed by atoms with Crippen LogP contribution in [0.1, 0.15) is 0 Å². The summed E-state index contributed by atoms with van der Waals surface area (Å²) in [6, 6.07) is 55.0. The Hall–Kier alpha value is -5.70. The first-order valence-electron chi connectivity index (χ1n) is 15.7. The van der Waals surface area contributed by atoms with E-state index in [1.807, 2.05) is 0 Å². The third kappa shape index (κ3) is 3.74. The van der Waals surface area contributed by atoms with Crippen LogP contribution in [0.15, 0.2) is 161 Å². The molecule has 0 aliphatic heterocycles. The molecule has 10 aromatic rings. The first kappa shape index (κ1) is 25.6. The SMILES string of the molecule is c1ccc(-c2csc3c2ccc2oc4ccc(-c5c6ccccc6c(-c6ccc7ccccc7c6)c6ccccc56)cc4c23)cc1. The first-order valence-corrected chi connectivity index (χ1v) is 16.5. The van der Waals surface area contributed by atoms with Crippen LogP contribution in [-0.2, 0) is 0 Å². The Bertz CT molecular complexity index is 2740. The van der Waals surface area contributed by atoms with Gasteiger partial charge in [0.05, 0.1) is 0 Å². The molecule has 1 nitrogen and oxygen atoms in total. The third-order valence-corrected chi connectivity index (χ3v) is 10.5. The second-order valence-electron chi connectivity index (χ2n) is 12.0. The molecule has 46 heavy (non-hydrogen) atoms. The van der Waals surface area contributed by atoms with Gasteiger partial charge in [0, 0.05) is 26.4 Å². The van der Waals surface area contributed by atoms with Crippen molar-refractivity contribution in [2.75, 3.05) is 0 Å². The molecule has 2 aromatic heterocycles. The van der Waals surface area contributed by atoms with E-state index in [1.54, 1.807) is 11.3 Å². The van der Waals surface area contributed by atoms with Crippen LogP contribution in [0, 0.1) is 0 Å². The molecule has 0 amide bonds. The molecule has 0 radical (unpaired) electrons. The van der Waals surface area contributed by atoms with Crippen molar-refractivity contribution in [1.82, 2.24) is 0 Å². The standard InChI is InChI=1S/C44H26OS/c1-2-11-28(12-3-1)38-26-46-44-36(38)21-23-40-43(44)37-25-31(20-22-39(37)45-40)42-34-16-8-6-14-32(34)41(33-15-7-9-17-35(33)42)30-19-18-27-10-4-5-13-29(27)24-30/h1-26H. The number of rotatable bonds is 3. The fourth-order valence-corrected chi connectivity index (χ4v) is 8.58. The van der Waals surface area contributed by atoms with Crippen molar-refractivity contribution >= 4 is 75.7 Å². The Morgan fingerprint density at radius 1 is 0.391 bits per heavy atom. The number of hydrogen-bond acceptors (Lipinski definition) is 2. The maximum absolute atomic E-state index is 6.46. The molecule has 0 aliphatic rings. The Morgan fingerprint density at radius 3 is 1.70 bits per heavy atom. The van der Waals surface area contributed by atoms with Gasteiger partial charge in [-0.1, -0.05) is 121 Å². The van der Waals surface area contributed by atoms with E-state index in [4.69, 9.17) is 4.42 Å². The maximum Gasteiger partial charge on any atom is 0.136 e. The summed E-state index contributed by atoms with van der Waals surface area (Å²) in [6.45, 7) is 0. The largest absolute Gasteiger partial charge is 0.456 e. The third-order valence-electron chi connectivity index (χ3n) is 9.52. The van der Waals surface area contributed by atoms with Crippen molar-refractivity contribution in [1.29, 1.82) is 0 Å². The molecule has 10 rings (SSSR count). The monoisotopic (exact) mass is 602 g/mol. The van der Waals surface area contributed by atoms with Gasteiger partial charge < -0.3 is 4.42 Å². The van der Waals surface area contributed by atoms with Gasteiger partial charge in [-0.15, -0.1) is 11.3 Å². The van der Waals surface area contributed by atoms with Gasteiger partial charge >= 0.3 is 0 Å². The predicted molar refractivity (Wildman–Crippen MR) is 198 cm³/mol. The zero-order valence-electron chi connectivity index (χ0n) is 24.8. The summed E-state index contributed by atoms with van der Waals surface area (Å²) in [5.74, 6) is 0. The number of furan rings is 1. The molecule has 0 bridgehead atoms. The van der Waals surface area contributed by atoms with Gasteiger partial charge in [0.1, 0.15) is 11.2 Å². The lowest BCUT2D eigenvalue weighted by Crippen LogP contribution is -1.91. The lowest BCUT2D eigenvalue weighted by atomic mass is 9.85. The number of benzene rings is 8. The summed E-state index contributed by atoms with van der Waals surface area (Å²) >= 11 is 1.80. The van der Waals surface area contributed by atoms with Crippen LogP contribution in [0.5, 0.6) is 0 Å². The molecule has 8 aromatic carbocycles. The zero-order chi connectivity index (χ0) is 30.2. The average Bonchev–Trinajstić information content (AvgIpc) is 3.72. The van der Waals surface area contributed by atoms with Crippen LogP contribution in [0.3, 0.4) is 0 Å². The molecular weight excluding hydrogens is 577 g/mol. The second-order valence-corrected chi connectivity index (χ2v) is 12.9. The molecule has 0 unspecified atom stereocenters. The van der Waals surface area contributed by atoms with Crippen molar-refractivity contribution in [3.63, 3.8) is 0 Å². The molecule has 0 atom stereocenters. The van der Waals surface area contributed by atoms with Crippen molar-refractivity contribution in [3.8, 4) is 33.4 Å². The van der Waals surface area contributed by atoms with E-state index in [1.165, 1.54) is 81.2 Å². The van der Waals surface area contributed by atoms with Gasteiger partial charge in [0.15, 0.2) is 0 Å². The summed E-state index contributed by atoms with van der Waals surface area (Å²) in [5.41, 5.74) is 9.34. The van der Waals surface area contributed by atoms with E-state index in [2.05, 4.69) is 157 Å². The topological polar surface area (TPSA) is 13.1 Å². The molecule has 0 saturated carbocycles. The van der Waals surface area contributed by atoms with E-state index in [0.29, 0.717) is 0 Å². The molecule has 0 fully saturated rings. The molecule has 214 valence electrons. The molecule has 0 saturated heterocycles. The maximum atomic E-state index is 6.46. The Morgan fingerprint density at radius 2 is 0.978 bits per heavy atom. The van der Waals surface area contributed by atoms with Gasteiger partial charge in [0.25, 0.3) is 0 Å². The molecule has 2 heterocycles. The fraction of sp³-hybridized carbons (Fsp3) is 0. The zero-order valence-corrected chi connectivity index (χ0v) is 25.6. The average molecular weight is 603 g/mol. The van der Waals surface area contributed by atoms with E-state index >= 15 is 0 Å². The number of thiophene rings is 1. The van der Waals surface area contributed by atoms with Crippen LogP contribution < -0.4 is 0 Å². The molecule has 0 N–H and O–H groups in total. The van der Waals surface area contributed by atoms with E-state index < -0.39 is 0 Å². The molecule has 0 spiro atoms. The Labute approximate surface area is 269 Å². The molecular formula is C44H26OS. The Kier molecular flexibility index (Phi) is 5.51. The number of fused-ring (bicyclic) bond motifs is 8. The number of hydrogen-bond donors (Lipinski definition) is 0.